The van der Waals surface area contributed by atoms with Crippen LogP contribution in [0.2, 0.25) is 0 Å². The number of hydrogen-bond acceptors (Lipinski definition) is 6. The highest BCUT2D eigenvalue weighted by Gasteiger charge is 2.32. The second-order valence-corrected chi connectivity index (χ2v) is 12.5. The molecule has 0 atom stereocenters. The number of piperidine rings is 1. The number of carbonyl (C=O) groups excluding carboxylic acids is 1. The summed E-state index contributed by atoms with van der Waals surface area (Å²) in [6, 6.07) is 6.48. The van der Waals surface area contributed by atoms with E-state index in [0.29, 0.717) is 30.7 Å². The van der Waals surface area contributed by atoms with E-state index in [4.69, 9.17) is 19.3 Å². The normalized spacial score (nSPS) is 18.1. The molecule has 8 nitrogen and oxygen atoms in total. The number of benzene rings is 1. The molecule has 0 radical (unpaired) electrons. The molecule has 2 aromatic heterocycles. The summed E-state index contributed by atoms with van der Waals surface area (Å²) >= 11 is 0. The van der Waals surface area contributed by atoms with Gasteiger partial charge in [0.25, 0.3) is 5.89 Å². The van der Waals surface area contributed by atoms with Crippen molar-refractivity contribution in [3.05, 3.63) is 40.6 Å². The van der Waals surface area contributed by atoms with E-state index >= 15 is 0 Å². The molecule has 1 aliphatic heterocycles. The first-order valence-corrected chi connectivity index (χ1v) is 13.4. The second kappa shape index (κ2) is 9.30. The Labute approximate surface area is 219 Å². The van der Waals surface area contributed by atoms with Crippen LogP contribution in [0.5, 0.6) is 0 Å². The van der Waals surface area contributed by atoms with Gasteiger partial charge in [0.2, 0.25) is 5.82 Å². The zero-order valence-corrected chi connectivity index (χ0v) is 23.2. The van der Waals surface area contributed by atoms with Gasteiger partial charge in [-0.1, -0.05) is 37.2 Å². The predicted octanol–water partition coefficient (Wildman–Crippen LogP) is 6.07. The summed E-state index contributed by atoms with van der Waals surface area (Å²) in [5, 5.41) is 9.07. The van der Waals surface area contributed by atoms with E-state index in [0.717, 1.165) is 48.9 Å². The Morgan fingerprint density at radius 3 is 2.59 bits per heavy atom. The SMILES string of the molecule is Cc1cc(C2CCN(C(=O)OC(C)(C)C)CC2)ccc1-c1noc(-c2nn(C)c3c2CCC(C)(C)C3)n1. The fourth-order valence-corrected chi connectivity index (χ4v) is 5.61. The van der Waals surface area contributed by atoms with Crippen LogP contribution in [0.15, 0.2) is 22.7 Å². The average molecular weight is 506 g/mol. The lowest BCUT2D eigenvalue weighted by molar-refractivity contribution is 0.0205. The third-order valence-electron chi connectivity index (χ3n) is 7.71. The van der Waals surface area contributed by atoms with Gasteiger partial charge in [0.15, 0.2) is 5.69 Å². The van der Waals surface area contributed by atoms with Gasteiger partial charge in [-0.15, -0.1) is 0 Å². The first-order valence-electron chi connectivity index (χ1n) is 13.4. The van der Waals surface area contributed by atoms with Crippen LogP contribution in [-0.2, 0) is 24.6 Å². The van der Waals surface area contributed by atoms with E-state index in [-0.39, 0.29) is 11.5 Å². The molecule has 0 bridgehead atoms. The molecule has 198 valence electrons. The molecule has 0 saturated carbocycles. The summed E-state index contributed by atoms with van der Waals surface area (Å²) in [7, 11) is 2.00. The van der Waals surface area contributed by atoms with Crippen molar-refractivity contribution in [3.63, 3.8) is 0 Å². The maximum atomic E-state index is 12.4. The molecule has 37 heavy (non-hydrogen) atoms. The predicted molar refractivity (Wildman–Crippen MR) is 142 cm³/mol. The van der Waals surface area contributed by atoms with Crippen molar-refractivity contribution in [2.45, 2.75) is 85.2 Å². The lowest BCUT2D eigenvalue weighted by atomic mass is 9.76. The Balaban J connectivity index is 1.29. The number of carbonyl (C=O) groups is 1. The Morgan fingerprint density at radius 2 is 1.92 bits per heavy atom. The first-order chi connectivity index (χ1) is 17.4. The van der Waals surface area contributed by atoms with E-state index in [1.807, 2.05) is 37.4 Å². The molecule has 1 aromatic carbocycles. The number of hydrogen-bond donors (Lipinski definition) is 0. The number of nitrogens with zero attached hydrogens (tertiary/aromatic N) is 5. The van der Waals surface area contributed by atoms with E-state index in [1.165, 1.54) is 16.8 Å². The highest BCUT2D eigenvalue weighted by molar-refractivity contribution is 5.68. The summed E-state index contributed by atoms with van der Waals surface area (Å²) < 4.78 is 13.2. The Bertz CT molecular complexity index is 1310. The number of aryl methyl sites for hydroxylation is 2. The standard InChI is InChI=1S/C29H39N5O3/c1-18-16-20(19-11-14-34(15-12-19)27(35)36-28(2,3)4)8-9-21(18)25-30-26(37-32-25)24-22-10-13-29(5,6)17-23(22)33(7)31-24/h8-9,16,19H,10-15,17H2,1-7H3. The van der Waals surface area contributed by atoms with Gasteiger partial charge in [-0.2, -0.15) is 10.1 Å². The van der Waals surface area contributed by atoms with Crippen molar-refractivity contribution in [2.24, 2.45) is 12.5 Å². The zero-order valence-electron chi connectivity index (χ0n) is 23.2. The zero-order chi connectivity index (χ0) is 26.5. The van der Waals surface area contributed by atoms with E-state index in [2.05, 4.69) is 44.1 Å². The van der Waals surface area contributed by atoms with Crippen LogP contribution in [0.25, 0.3) is 23.0 Å². The summed E-state index contributed by atoms with van der Waals surface area (Å²) in [6.07, 6.45) is 4.73. The molecule has 5 rings (SSSR count). The van der Waals surface area contributed by atoms with Crippen LogP contribution in [0.4, 0.5) is 4.79 Å². The van der Waals surface area contributed by atoms with Crippen LogP contribution >= 0.6 is 0 Å². The van der Waals surface area contributed by atoms with Crippen LogP contribution in [0.3, 0.4) is 0 Å². The van der Waals surface area contributed by atoms with E-state index in [9.17, 15) is 4.79 Å². The lowest BCUT2D eigenvalue weighted by Gasteiger charge is -2.33. The van der Waals surface area contributed by atoms with E-state index < -0.39 is 5.60 Å². The fourth-order valence-electron chi connectivity index (χ4n) is 5.61. The molecule has 1 saturated heterocycles. The maximum absolute atomic E-state index is 12.4. The van der Waals surface area contributed by atoms with Crippen molar-refractivity contribution in [1.82, 2.24) is 24.8 Å². The monoisotopic (exact) mass is 505 g/mol. The minimum absolute atomic E-state index is 0.219. The fraction of sp³-hybridized carbons (Fsp3) is 0.586. The summed E-state index contributed by atoms with van der Waals surface area (Å²) in [6.45, 7) is 13.8. The van der Waals surface area contributed by atoms with Crippen LogP contribution < -0.4 is 0 Å². The van der Waals surface area contributed by atoms with E-state index in [1.54, 1.807) is 0 Å². The Morgan fingerprint density at radius 1 is 1.19 bits per heavy atom. The molecule has 3 heterocycles. The number of likely N-dealkylation sites (tertiary alicyclic amines) is 1. The topological polar surface area (TPSA) is 86.3 Å². The van der Waals surface area contributed by atoms with Crippen LogP contribution in [0.1, 0.15) is 82.2 Å². The van der Waals surface area contributed by atoms with Crippen molar-refractivity contribution in [3.8, 4) is 23.0 Å². The van der Waals surface area contributed by atoms with Crippen molar-refractivity contribution in [1.29, 1.82) is 0 Å². The average Bonchev–Trinajstić information content (AvgIpc) is 3.42. The molecule has 3 aromatic rings. The van der Waals surface area contributed by atoms with Crippen molar-refractivity contribution >= 4 is 6.09 Å². The van der Waals surface area contributed by atoms with Gasteiger partial charge >= 0.3 is 6.09 Å². The molecule has 1 aliphatic carbocycles. The number of ether oxygens (including phenoxy) is 1. The number of aromatic nitrogens is 4. The smallest absolute Gasteiger partial charge is 0.410 e. The molecule has 8 heteroatoms. The quantitative estimate of drug-likeness (QED) is 0.429. The molecule has 2 aliphatic rings. The lowest BCUT2D eigenvalue weighted by Crippen LogP contribution is -2.41. The maximum Gasteiger partial charge on any atom is 0.410 e. The van der Waals surface area contributed by atoms with Gasteiger partial charge in [-0.25, -0.2) is 4.79 Å². The second-order valence-electron chi connectivity index (χ2n) is 12.5. The van der Waals surface area contributed by atoms with Crippen molar-refractivity contribution in [2.75, 3.05) is 13.1 Å². The number of rotatable bonds is 3. The third-order valence-corrected chi connectivity index (χ3v) is 7.71. The number of fused-ring (bicyclic) bond motifs is 1. The Kier molecular flexibility index (Phi) is 6.40. The molecule has 1 amide bonds. The molecule has 0 spiro atoms. The molecular formula is C29H39N5O3. The highest BCUT2D eigenvalue weighted by atomic mass is 16.6. The Hall–Kier alpha value is -3.16. The van der Waals surface area contributed by atoms with Crippen molar-refractivity contribution < 1.29 is 14.1 Å². The van der Waals surface area contributed by atoms with Gasteiger partial charge in [0, 0.05) is 37.0 Å². The molecule has 1 fully saturated rings. The van der Waals surface area contributed by atoms with Gasteiger partial charge in [0.1, 0.15) is 5.60 Å². The van der Waals surface area contributed by atoms with Crippen LogP contribution in [0, 0.1) is 12.3 Å². The summed E-state index contributed by atoms with van der Waals surface area (Å²) in [5.74, 6) is 1.50. The highest BCUT2D eigenvalue weighted by Crippen LogP contribution is 2.39. The summed E-state index contributed by atoms with van der Waals surface area (Å²) in [5.41, 5.74) is 6.51. The summed E-state index contributed by atoms with van der Waals surface area (Å²) in [4.78, 5) is 19.0. The van der Waals surface area contributed by atoms with Gasteiger partial charge < -0.3 is 14.2 Å². The first kappa shape index (κ1) is 25.5. The third kappa shape index (κ3) is 5.29. The largest absolute Gasteiger partial charge is 0.444 e. The molecular weight excluding hydrogens is 466 g/mol. The number of amides is 1. The minimum atomic E-state index is -0.470. The minimum Gasteiger partial charge on any atom is -0.444 e. The molecule has 0 unspecified atom stereocenters. The van der Waals surface area contributed by atoms with Gasteiger partial charge in [-0.3, -0.25) is 4.68 Å². The molecule has 0 N–H and O–H groups in total. The van der Waals surface area contributed by atoms with Gasteiger partial charge in [0.05, 0.1) is 0 Å². The van der Waals surface area contributed by atoms with Gasteiger partial charge in [-0.05, 0) is 82.3 Å². The van der Waals surface area contributed by atoms with Crippen LogP contribution in [-0.4, -0.2) is 49.6 Å².